The van der Waals surface area contributed by atoms with Crippen LogP contribution in [0.5, 0.6) is 0 Å². The van der Waals surface area contributed by atoms with Gasteiger partial charge in [-0.05, 0) is 73.9 Å². The maximum atomic E-state index is 4.51. The standard InChI is InChI=1S/C19H34S/c1-14-4-8-18(9-5-14)19-12-10-17(11-13-19)15(2)6-7-16(3)20/h10,14-16,18-20H,4-9,11-13H2,1-3H3. The fraction of sp³-hybridized carbons (Fsp3) is 0.895. The molecule has 0 spiro atoms. The number of thiol groups is 1. The molecular weight excluding hydrogens is 260 g/mol. The predicted molar refractivity (Wildman–Crippen MR) is 93.4 cm³/mol. The normalized spacial score (nSPS) is 34.4. The summed E-state index contributed by atoms with van der Waals surface area (Å²) in [5.41, 5.74) is 1.75. The van der Waals surface area contributed by atoms with Gasteiger partial charge in [-0.3, -0.25) is 0 Å². The molecule has 0 aromatic carbocycles. The average Bonchev–Trinajstić information content (AvgIpc) is 2.46. The fourth-order valence-corrected chi connectivity index (χ4v) is 4.33. The van der Waals surface area contributed by atoms with E-state index in [9.17, 15) is 0 Å². The molecule has 3 atom stereocenters. The molecule has 0 N–H and O–H groups in total. The van der Waals surface area contributed by atoms with Crippen LogP contribution in [-0.4, -0.2) is 5.25 Å². The second-order valence-corrected chi connectivity index (χ2v) is 8.54. The third-order valence-electron chi connectivity index (χ3n) is 5.86. The second kappa shape index (κ2) is 7.92. The molecule has 0 aromatic heterocycles. The Bertz CT molecular complexity index is 310. The van der Waals surface area contributed by atoms with Crippen LogP contribution in [0.1, 0.15) is 78.6 Å². The Morgan fingerprint density at radius 2 is 1.75 bits per heavy atom. The fourth-order valence-electron chi connectivity index (χ4n) is 4.18. The Balaban J connectivity index is 1.78. The number of allylic oxidation sites excluding steroid dienone is 2. The third kappa shape index (κ3) is 4.83. The van der Waals surface area contributed by atoms with Crippen LogP contribution in [0.3, 0.4) is 0 Å². The lowest BCUT2D eigenvalue weighted by molar-refractivity contribution is 0.198. The van der Waals surface area contributed by atoms with Crippen LogP contribution >= 0.6 is 12.6 Å². The number of hydrogen-bond acceptors (Lipinski definition) is 1. The van der Waals surface area contributed by atoms with E-state index < -0.39 is 0 Å². The first-order chi connectivity index (χ1) is 9.56. The van der Waals surface area contributed by atoms with Crippen molar-refractivity contribution in [1.82, 2.24) is 0 Å². The van der Waals surface area contributed by atoms with Crippen LogP contribution < -0.4 is 0 Å². The van der Waals surface area contributed by atoms with E-state index in [-0.39, 0.29) is 0 Å². The topological polar surface area (TPSA) is 0 Å². The molecule has 0 radical (unpaired) electrons. The van der Waals surface area contributed by atoms with Crippen molar-refractivity contribution in [2.45, 2.75) is 83.8 Å². The van der Waals surface area contributed by atoms with E-state index in [0.29, 0.717) is 5.25 Å². The summed E-state index contributed by atoms with van der Waals surface area (Å²) in [7, 11) is 0. The molecule has 3 unspecified atom stereocenters. The molecule has 0 heterocycles. The van der Waals surface area contributed by atoms with E-state index >= 15 is 0 Å². The van der Waals surface area contributed by atoms with E-state index in [1.165, 1.54) is 57.8 Å². The highest BCUT2D eigenvalue weighted by Gasteiger charge is 2.27. The van der Waals surface area contributed by atoms with E-state index in [0.717, 1.165) is 23.7 Å². The first-order valence-corrected chi connectivity index (χ1v) is 9.45. The largest absolute Gasteiger partial charge is 0.176 e. The molecule has 0 bridgehead atoms. The molecule has 0 saturated heterocycles. The molecule has 0 aliphatic heterocycles. The Kier molecular flexibility index (Phi) is 6.52. The lowest BCUT2D eigenvalue weighted by Gasteiger charge is -2.35. The van der Waals surface area contributed by atoms with E-state index in [1.54, 1.807) is 5.57 Å². The van der Waals surface area contributed by atoms with Gasteiger partial charge < -0.3 is 0 Å². The van der Waals surface area contributed by atoms with Crippen molar-refractivity contribution in [3.05, 3.63) is 11.6 Å². The lowest BCUT2D eigenvalue weighted by atomic mass is 9.71. The van der Waals surface area contributed by atoms with Gasteiger partial charge in [0.25, 0.3) is 0 Å². The second-order valence-electron chi connectivity index (χ2n) is 7.66. The Morgan fingerprint density at radius 1 is 1.05 bits per heavy atom. The van der Waals surface area contributed by atoms with Crippen molar-refractivity contribution in [2.75, 3.05) is 0 Å². The van der Waals surface area contributed by atoms with E-state index in [2.05, 4.69) is 39.5 Å². The summed E-state index contributed by atoms with van der Waals surface area (Å²) in [5, 5.41) is 0.554. The van der Waals surface area contributed by atoms with Crippen LogP contribution in [-0.2, 0) is 0 Å². The number of rotatable bonds is 5. The zero-order valence-corrected chi connectivity index (χ0v) is 14.7. The van der Waals surface area contributed by atoms with Gasteiger partial charge in [0.15, 0.2) is 0 Å². The van der Waals surface area contributed by atoms with E-state index in [1.807, 2.05) is 0 Å². The monoisotopic (exact) mass is 294 g/mol. The molecule has 20 heavy (non-hydrogen) atoms. The van der Waals surface area contributed by atoms with E-state index in [4.69, 9.17) is 0 Å². The summed E-state index contributed by atoms with van der Waals surface area (Å²) in [6, 6.07) is 0. The van der Waals surface area contributed by atoms with Crippen molar-refractivity contribution < 1.29 is 0 Å². The lowest BCUT2D eigenvalue weighted by Crippen LogP contribution is -2.23. The zero-order valence-electron chi connectivity index (χ0n) is 13.8. The Labute approximate surface area is 132 Å². The highest BCUT2D eigenvalue weighted by atomic mass is 32.1. The quantitative estimate of drug-likeness (QED) is 0.448. The van der Waals surface area contributed by atoms with Crippen molar-refractivity contribution >= 4 is 12.6 Å². The third-order valence-corrected chi connectivity index (χ3v) is 6.12. The molecule has 2 aliphatic carbocycles. The minimum Gasteiger partial charge on any atom is -0.176 e. The van der Waals surface area contributed by atoms with Gasteiger partial charge >= 0.3 is 0 Å². The first kappa shape index (κ1) is 16.5. The highest BCUT2D eigenvalue weighted by molar-refractivity contribution is 7.80. The zero-order chi connectivity index (χ0) is 14.5. The molecule has 1 fully saturated rings. The van der Waals surface area contributed by atoms with Gasteiger partial charge in [0, 0.05) is 0 Å². The maximum Gasteiger partial charge on any atom is -0.00114 e. The van der Waals surface area contributed by atoms with Crippen molar-refractivity contribution in [1.29, 1.82) is 0 Å². The average molecular weight is 295 g/mol. The summed E-state index contributed by atoms with van der Waals surface area (Å²) in [6.07, 6.45) is 15.4. The van der Waals surface area contributed by atoms with Crippen LogP contribution in [0.15, 0.2) is 11.6 Å². The van der Waals surface area contributed by atoms with Gasteiger partial charge in [0.05, 0.1) is 0 Å². The summed E-state index contributed by atoms with van der Waals surface area (Å²) in [5.74, 6) is 3.82. The molecule has 1 heteroatoms. The molecule has 116 valence electrons. The van der Waals surface area contributed by atoms with Crippen molar-refractivity contribution in [3.63, 3.8) is 0 Å². The summed E-state index contributed by atoms with van der Waals surface area (Å²) in [4.78, 5) is 0. The van der Waals surface area contributed by atoms with Gasteiger partial charge in [-0.25, -0.2) is 0 Å². The predicted octanol–water partition coefficient (Wildman–Crippen LogP) is 6.27. The molecule has 2 aliphatic rings. The molecule has 1 saturated carbocycles. The Hall–Kier alpha value is 0.0900. The van der Waals surface area contributed by atoms with Gasteiger partial charge in [-0.2, -0.15) is 12.6 Å². The molecule has 2 rings (SSSR count). The first-order valence-electron chi connectivity index (χ1n) is 8.93. The number of hydrogen-bond donors (Lipinski definition) is 1. The smallest absolute Gasteiger partial charge is 0.00114 e. The maximum absolute atomic E-state index is 4.51. The molecule has 0 aromatic rings. The molecule has 0 nitrogen and oxygen atoms in total. The van der Waals surface area contributed by atoms with Gasteiger partial charge in [-0.1, -0.05) is 45.3 Å². The van der Waals surface area contributed by atoms with Crippen LogP contribution in [0, 0.1) is 23.7 Å². The summed E-state index contributed by atoms with van der Waals surface area (Å²) >= 11 is 4.51. The molecular formula is C19H34S. The minimum atomic E-state index is 0.554. The summed E-state index contributed by atoms with van der Waals surface area (Å²) < 4.78 is 0. The molecule has 0 amide bonds. The van der Waals surface area contributed by atoms with Crippen LogP contribution in [0.2, 0.25) is 0 Å². The van der Waals surface area contributed by atoms with Gasteiger partial charge in [0.2, 0.25) is 0 Å². The Morgan fingerprint density at radius 3 is 2.30 bits per heavy atom. The summed E-state index contributed by atoms with van der Waals surface area (Å²) in [6.45, 7) is 7.06. The minimum absolute atomic E-state index is 0.554. The van der Waals surface area contributed by atoms with Crippen molar-refractivity contribution in [3.8, 4) is 0 Å². The van der Waals surface area contributed by atoms with Crippen molar-refractivity contribution in [2.24, 2.45) is 23.7 Å². The van der Waals surface area contributed by atoms with Gasteiger partial charge in [0.1, 0.15) is 0 Å². The van der Waals surface area contributed by atoms with Gasteiger partial charge in [-0.15, -0.1) is 0 Å². The van der Waals surface area contributed by atoms with Crippen LogP contribution in [0.4, 0.5) is 0 Å². The van der Waals surface area contributed by atoms with Crippen LogP contribution in [0.25, 0.3) is 0 Å². The highest BCUT2D eigenvalue weighted by Crippen LogP contribution is 2.40. The SMILES string of the molecule is CC(S)CCC(C)C1=CCC(C2CCC(C)CC2)CC1.